The minimum absolute atomic E-state index is 0.0672. The standard InChI is InChI=1S/C26H33N5O4/c1-35-23-5-3-2-4-22(23)29-26(34)19-6-8-20(9-7-19)27-24(32)12-13-30-14-16-31(17-15-30)18-25(33)28-21-10-11-21/h2-9,21H,10-18H2,1H3,(H,27,32)(H,28,33)(H,29,34). The van der Waals surface area contributed by atoms with E-state index >= 15 is 0 Å². The molecule has 9 heteroatoms. The van der Waals surface area contributed by atoms with Crippen molar-refractivity contribution in [3.63, 3.8) is 0 Å². The summed E-state index contributed by atoms with van der Waals surface area (Å²) < 4.78 is 5.26. The molecule has 0 spiro atoms. The first-order chi connectivity index (χ1) is 17.0. The van der Waals surface area contributed by atoms with E-state index in [0.717, 1.165) is 39.0 Å². The number of carbonyl (C=O) groups excluding carboxylic acids is 3. The molecule has 0 unspecified atom stereocenters. The molecule has 35 heavy (non-hydrogen) atoms. The Labute approximate surface area is 205 Å². The van der Waals surface area contributed by atoms with Gasteiger partial charge in [0.2, 0.25) is 11.8 Å². The fourth-order valence-electron chi connectivity index (χ4n) is 4.01. The highest BCUT2D eigenvalue weighted by atomic mass is 16.5. The van der Waals surface area contributed by atoms with Crippen LogP contribution in [0.1, 0.15) is 29.6 Å². The molecule has 1 saturated carbocycles. The Hall–Kier alpha value is -3.43. The SMILES string of the molecule is COc1ccccc1NC(=O)c1ccc(NC(=O)CCN2CCN(CC(=O)NC3CC3)CC2)cc1. The fraction of sp³-hybridized carbons (Fsp3) is 0.423. The van der Waals surface area contributed by atoms with Crippen LogP contribution in [0.15, 0.2) is 48.5 Å². The maximum atomic E-state index is 12.5. The molecule has 2 fully saturated rings. The number of carbonyl (C=O) groups is 3. The molecule has 186 valence electrons. The van der Waals surface area contributed by atoms with Crippen molar-refractivity contribution in [3.8, 4) is 5.75 Å². The molecule has 0 aromatic heterocycles. The van der Waals surface area contributed by atoms with Crippen molar-refractivity contribution < 1.29 is 19.1 Å². The van der Waals surface area contributed by atoms with Gasteiger partial charge in [-0.05, 0) is 49.2 Å². The number of hydrogen-bond acceptors (Lipinski definition) is 6. The van der Waals surface area contributed by atoms with Crippen LogP contribution < -0.4 is 20.7 Å². The van der Waals surface area contributed by atoms with Crippen LogP contribution in [0.5, 0.6) is 5.75 Å². The Morgan fingerprint density at radius 1 is 0.886 bits per heavy atom. The van der Waals surface area contributed by atoms with E-state index in [4.69, 9.17) is 4.74 Å². The smallest absolute Gasteiger partial charge is 0.255 e. The Bertz CT molecular complexity index is 1030. The molecule has 2 aromatic carbocycles. The van der Waals surface area contributed by atoms with E-state index in [9.17, 15) is 14.4 Å². The molecule has 3 amide bonds. The Morgan fingerprint density at radius 2 is 1.57 bits per heavy atom. The van der Waals surface area contributed by atoms with Crippen molar-refractivity contribution in [2.45, 2.75) is 25.3 Å². The van der Waals surface area contributed by atoms with E-state index in [1.54, 1.807) is 43.5 Å². The Balaban J connectivity index is 1.16. The maximum absolute atomic E-state index is 12.5. The fourth-order valence-corrected chi connectivity index (χ4v) is 4.01. The number of piperazine rings is 1. The van der Waals surface area contributed by atoms with Crippen LogP contribution in [-0.2, 0) is 9.59 Å². The van der Waals surface area contributed by atoms with E-state index in [-0.39, 0.29) is 17.7 Å². The van der Waals surface area contributed by atoms with Crippen LogP contribution in [0.4, 0.5) is 11.4 Å². The number of methoxy groups -OCH3 is 1. The second-order valence-electron chi connectivity index (χ2n) is 8.99. The van der Waals surface area contributed by atoms with E-state index in [1.807, 2.05) is 12.1 Å². The van der Waals surface area contributed by atoms with Gasteiger partial charge in [-0.3, -0.25) is 19.3 Å². The van der Waals surface area contributed by atoms with Crippen LogP contribution in [0.3, 0.4) is 0 Å². The predicted octanol–water partition coefficient (Wildman–Crippen LogP) is 2.17. The molecule has 1 aliphatic heterocycles. The highest BCUT2D eigenvalue weighted by molar-refractivity contribution is 6.05. The second kappa shape index (κ2) is 11.8. The number of ether oxygens (including phenoxy) is 1. The highest BCUT2D eigenvalue weighted by Gasteiger charge is 2.25. The van der Waals surface area contributed by atoms with Gasteiger partial charge < -0.3 is 25.6 Å². The monoisotopic (exact) mass is 479 g/mol. The topological polar surface area (TPSA) is 103 Å². The summed E-state index contributed by atoms with van der Waals surface area (Å²) in [6.45, 7) is 4.49. The summed E-state index contributed by atoms with van der Waals surface area (Å²) in [5.74, 6) is 0.382. The van der Waals surface area contributed by atoms with Gasteiger partial charge in [0.15, 0.2) is 0 Å². The zero-order chi connectivity index (χ0) is 24.6. The summed E-state index contributed by atoms with van der Waals surface area (Å²) in [5, 5.41) is 8.76. The molecule has 0 bridgehead atoms. The third-order valence-corrected chi connectivity index (χ3v) is 6.22. The Morgan fingerprint density at radius 3 is 2.26 bits per heavy atom. The number of nitrogens with zero attached hydrogens (tertiary/aromatic N) is 2. The van der Waals surface area contributed by atoms with E-state index in [2.05, 4.69) is 25.8 Å². The van der Waals surface area contributed by atoms with Crippen LogP contribution in [0.25, 0.3) is 0 Å². The van der Waals surface area contributed by atoms with Gasteiger partial charge in [-0.15, -0.1) is 0 Å². The second-order valence-corrected chi connectivity index (χ2v) is 8.99. The molecule has 9 nitrogen and oxygen atoms in total. The first kappa shape index (κ1) is 24.7. The molecule has 3 N–H and O–H groups in total. The molecule has 0 atom stereocenters. The zero-order valence-electron chi connectivity index (χ0n) is 20.1. The summed E-state index contributed by atoms with van der Waals surface area (Å²) in [6.07, 6.45) is 2.59. The molecule has 2 aliphatic rings. The third-order valence-electron chi connectivity index (χ3n) is 6.22. The number of benzene rings is 2. The van der Waals surface area contributed by atoms with Gasteiger partial charge >= 0.3 is 0 Å². The zero-order valence-corrected chi connectivity index (χ0v) is 20.1. The summed E-state index contributed by atoms with van der Waals surface area (Å²) in [7, 11) is 1.55. The van der Waals surface area contributed by atoms with Gasteiger partial charge in [0.25, 0.3) is 5.91 Å². The van der Waals surface area contributed by atoms with Crippen molar-refractivity contribution in [2.24, 2.45) is 0 Å². The lowest BCUT2D eigenvalue weighted by Gasteiger charge is -2.34. The van der Waals surface area contributed by atoms with E-state index in [0.29, 0.717) is 48.2 Å². The van der Waals surface area contributed by atoms with Crippen molar-refractivity contribution in [1.29, 1.82) is 0 Å². The summed E-state index contributed by atoms with van der Waals surface area (Å²) in [6, 6.07) is 14.4. The average Bonchev–Trinajstić information content (AvgIpc) is 3.68. The molecule has 4 rings (SSSR count). The molecule has 1 heterocycles. The number of rotatable bonds is 10. The summed E-state index contributed by atoms with van der Waals surface area (Å²) >= 11 is 0. The highest BCUT2D eigenvalue weighted by Crippen LogP contribution is 2.24. The minimum Gasteiger partial charge on any atom is -0.495 e. The van der Waals surface area contributed by atoms with Crippen LogP contribution in [-0.4, -0.2) is 79.9 Å². The number of anilines is 2. The van der Waals surface area contributed by atoms with Crippen molar-refractivity contribution in [3.05, 3.63) is 54.1 Å². The first-order valence-electron chi connectivity index (χ1n) is 12.1. The molecule has 2 aromatic rings. The minimum atomic E-state index is -0.253. The lowest BCUT2D eigenvalue weighted by molar-refractivity contribution is -0.122. The van der Waals surface area contributed by atoms with Crippen molar-refractivity contribution in [1.82, 2.24) is 15.1 Å². The Kier molecular flexibility index (Phi) is 8.33. The lowest BCUT2D eigenvalue weighted by Crippen LogP contribution is -2.50. The normalized spacial score (nSPS) is 16.4. The summed E-state index contributed by atoms with van der Waals surface area (Å²) in [5.41, 5.74) is 1.73. The van der Waals surface area contributed by atoms with Crippen LogP contribution in [0.2, 0.25) is 0 Å². The van der Waals surface area contributed by atoms with E-state index < -0.39 is 0 Å². The number of nitrogens with one attached hydrogen (secondary N) is 3. The average molecular weight is 480 g/mol. The predicted molar refractivity (Wildman–Crippen MR) is 135 cm³/mol. The number of hydrogen-bond donors (Lipinski definition) is 3. The van der Waals surface area contributed by atoms with Crippen LogP contribution in [0, 0.1) is 0 Å². The molecular formula is C26H33N5O4. The maximum Gasteiger partial charge on any atom is 0.255 e. The van der Waals surface area contributed by atoms with E-state index in [1.165, 1.54) is 0 Å². The van der Waals surface area contributed by atoms with Crippen molar-refractivity contribution in [2.75, 3.05) is 57.0 Å². The molecular weight excluding hydrogens is 446 g/mol. The third kappa shape index (κ3) is 7.53. The van der Waals surface area contributed by atoms with Gasteiger partial charge in [0.1, 0.15) is 5.75 Å². The quantitative estimate of drug-likeness (QED) is 0.483. The lowest BCUT2D eigenvalue weighted by atomic mass is 10.2. The van der Waals surface area contributed by atoms with Gasteiger partial charge in [0.05, 0.1) is 19.3 Å². The van der Waals surface area contributed by atoms with Crippen molar-refractivity contribution >= 4 is 29.1 Å². The van der Waals surface area contributed by atoms with Gasteiger partial charge in [-0.2, -0.15) is 0 Å². The van der Waals surface area contributed by atoms with Gasteiger partial charge in [-0.25, -0.2) is 0 Å². The largest absolute Gasteiger partial charge is 0.495 e. The molecule has 0 radical (unpaired) electrons. The number of para-hydroxylation sites is 2. The summed E-state index contributed by atoms with van der Waals surface area (Å²) in [4.78, 5) is 41.3. The van der Waals surface area contributed by atoms with Gasteiger partial charge in [0, 0.05) is 56.4 Å². The first-order valence-corrected chi connectivity index (χ1v) is 12.1. The van der Waals surface area contributed by atoms with Crippen LogP contribution >= 0.6 is 0 Å². The molecule has 1 aliphatic carbocycles. The molecule has 1 saturated heterocycles. The van der Waals surface area contributed by atoms with Gasteiger partial charge in [-0.1, -0.05) is 12.1 Å². The number of amides is 3.